The van der Waals surface area contributed by atoms with Crippen LogP contribution in [0.1, 0.15) is 43.1 Å². The predicted octanol–water partition coefficient (Wildman–Crippen LogP) is 6.17. The summed E-state index contributed by atoms with van der Waals surface area (Å²) in [5, 5.41) is 14.5. The summed E-state index contributed by atoms with van der Waals surface area (Å²) in [7, 11) is 0. The molecule has 0 aliphatic heterocycles. The van der Waals surface area contributed by atoms with E-state index in [-0.39, 0.29) is 5.78 Å². The fourth-order valence-electron chi connectivity index (χ4n) is 3.79. The number of carbonyl (C=O) groups excluding carboxylic acids is 3. The third-order valence-electron chi connectivity index (χ3n) is 5.55. The highest BCUT2D eigenvalue weighted by atomic mass is 16.6. The molecule has 9 nitrogen and oxygen atoms in total. The lowest BCUT2D eigenvalue weighted by molar-refractivity contribution is -0.115. The van der Waals surface area contributed by atoms with Crippen LogP contribution in [0.15, 0.2) is 79.1 Å². The van der Waals surface area contributed by atoms with E-state index in [0.717, 1.165) is 16.7 Å². The number of carbonyl (C=O) groups is 3. The minimum absolute atomic E-state index is 0.296. The van der Waals surface area contributed by atoms with Gasteiger partial charge in [0.1, 0.15) is 11.4 Å². The topological polar surface area (TPSA) is 137 Å². The molecule has 3 N–H and O–H groups in total. The Morgan fingerprint density at radius 1 is 0.923 bits per heavy atom. The van der Waals surface area contributed by atoms with Gasteiger partial charge in [0, 0.05) is 23.5 Å². The molecule has 196 valence electrons. The molecule has 0 saturated carbocycles. The zero-order valence-electron chi connectivity index (χ0n) is 21.7. The molecule has 39 heavy (non-hydrogen) atoms. The number of hydrogen-bond acceptors (Lipinski definition) is 6. The van der Waals surface area contributed by atoms with Crippen molar-refractivity contribution in [3.8, 4) is 28.6 Å². The zero-order chi connectivity index (χ0) is 28.0. The zero-order valence-corrected chi connectivity index (χ0v) is 21.7. The molecule has 1 heterocycles. The summed E-state index contributed by atoms with van der Waals surface area (Å²) >= 11 is 0. The summed E-state index contributed by atoms with van der Waals surface area (Å²) in [6, 6.07) is 21.0. The van der Waals surface area contributed by atoms with Crippen molar-refractivity contribution in [3.05, 3.63) is 90.3 Å². The lowest BCUT2D eigenvalue weighted by Crippen LogP contribution is -2.27. The molecule has 0 radical (unpaired) electrons. The number of hydrogen-bond donors (Lipinski definition) is 3. The number of amides is 2. The number of nitriles is 1. The highest BCUT2D eigenvalue weighted by Gasteiger charge is 2.19. The summed E-state index contributed by atoms with van der Waals surface area (Å²) in [6.45, 7) is 5.24. The molecule has 4 rings (SSSR count). The van der Waals surface area contributed by atoms with Crippen molar-refractivity contribution in [2.75, 3.05) is 10.6 Å². The Morgan fingerprint density at radius 3 is 2.33 bits per heavy atom. The number of anilines is 2. The number of Topliss-reactive ketones (excluding diaryl/α,β-unsaturated/α-hetero) is 1. The maximum Gasteiger partial charge on any atom is 0.412 e. The molecule has 0 bridgehead atoms. The van der Waals surface area contributed by atoms with Gasteiger partial charge in [0.05, 0.1) is 29.4 Å². The summed E-state index contributed by atoms with van der Waals surface area (Å²) in [5.74, 6) is -0.301. The van der Waals surface area contributed by atoms with E-state index in [1.165, 1.54) is 0 Å². The second-order valence-corrected chi connectivity index (χ2v) is 9.74. The van der Waals surface area contributed by atoms with Crippen LogP contribution in [-0.4, -0.2) is 33.4 Å². The van der Waals surface area contributed by atoms with Crippen LogP contribution in [0.5, 0.6) is 0 Å². The summed E-state index contributed by atoms with van der Waals surface area (Å²) < 4.78 is 5.35. The van der Waals surface area contributed by atoms with E-state index in [9.17, 15) is 14.4 Å². The standard InChI is InChI=1S/C30H27N5O4/c1-30(2,3)39-29(38)35-24-12-11-21(20-9-7-19(18-31)8-10-20)16-25(24)34-27(37)17-26(36)22-5-4-6-23(15-22)28-32-13-14-33-28/h4-16H,17H2,1-3H3,(H,32,33)(H,34,37)(H,35,38). The first-order valence-electron chi connectivity index (χ1n) is 12.2. The molecule has 0 atom stereocenters. The highest BCUT2D eigenvalue weighted by Crippen LogP contribution is 2.30. The Kier molecular flexibility index (Phi) is 7.87. The Labute approximate surface area is 225 Å². The number of rotatable bonds is 7. The van der Waals surface area contributed by atoms with E-state index in [1.807, 2.05) is 6.07 Å². The molecule has 0 spiro atoms. The second-order valence-electron chi connectivity index (χ2n) is 9.74. The van der Waals surface area contributed by atoms with Gasteiger partial charge < -0.3 is 15.0 Å². The quantitative estimate of drug-likeness (QED) is 0.196. The normalized spacial score (nSPS) is 10.8. The molecule has 0 aliphatic carbocycles. The predicted molar refractivity (Wildman–Crippen MR) is 148 cm³/mol. The molecule has 0 aliphatic rings. The Bertz CT molecular complexity index is 1550. The first-order valence-corrected chi connectivity index (χ1v) is 12.2. The molecule has 3 aromatic carbocycles. The summed E-state index contributed by atoms with van der Waals surface area (Å²) in [6.07, 6.45) is 2.21. The average Bonchev–Trinajstić information content (AvgIpc) is 3.44. The number of nitrogens with zero attached hydrogens (tertiary/aromatic N) is 2. The van der Waals surface area contributed by atoms with Crippen LogP contribution in [0.3, 0.4) is 0 Å². The smallest absolute Gasteiger partial charge is 0.412 e. The maximum atomic E-state index is 13.0. The SMILES string of the molecule is CC(C)(C)OC(=O)Nc1ccc(-c2ccc(C#N)cc2)cc1NC(=O)CC(=O)c1cccc(-c2ncc[nH]2)c1. The highest BCUT2D eigenvalue weighted by molar-refractivity contribution is 6.12. The Morgan fingerprint density at radius 2 is 1.67 bits per heavy atom. The van der Waals surface area contributed by atoms with Gasteiger partial charge in [-0.05, 0) is 62.2 Å². The first-order chi connectivity index (χ1) is 18.6. The number of imidazole rings is 1. The second kappa shape index (κ2) is 11.4. The van der Waals surface area contributed by atoms with Gasteiger partial charge >= 0.3 is 6.09 Å². The number of H-pyrrole nitrogens is 1. The maximum absolute atomic E-state index is 13.0. The van der Waals surface area contributed by atoms with Crippen LogP contribution in [0, 0.1) is 11.3 Å². The third kappa shape index (κ3) is 7.17. The van der Waals surface area contributed by atoms with E-state index in [1.54, 1.807) is 93.8 Å². The van der Waals surface area contributed by atoms with Gasteiger partial charge in [-0.2, -0.15) is 5.26 Å². The van der Waals surface area contributed by atoms with Crippen LogP contribution in [0.2, 0.25) is 0 Å². The summed E-state index contributed by atoms with van der Waals surface area (Å²) in [5.41, 5.74) is 3.05. The number of aromatic amines is 1. The molecular formula is C30H27N5O4. The third-order valence-corrected chi connectivity index (χ3v) is 5.55. The van der Waals surface area contributed by atoms with Crippen molar-refractivity contribution in [3.63, 3.8) is 0 Å². The molecule has 0 unspecified atom stereocenters. The van der Waals surface area contributed by atoms with Gasteiger partial charge in [0.25, 0.3) is 0 Å². The molecule has 2 amide bonds. The molecular weight excluding hydrogens is 494 g/mol. The van der Waals surface area contributed by atoms with E-state index >= 15 is 0 Å². The van der Waals surface area contributed by atoms with Crippen LogP contribution in [-0.2, 0) is 9.53 Å². The summed E-state index contributed by atoms with van der Waals surface area (Å²) in [4.78, 5) is 45.5. The number of benzene rings is 3. The van der Waals surface area contributed by atoms with E-state index in [2.05, 4.69) is 26.7 Å². The molecule has 1 aromatic heterocycles. The first kappa shape index (κ1) is 26.8. The van der Waals surface area contributed by atoms with Crippen molar-refractivity contribution in [2.24, 2.45) is 0 Å². The molecule has 0 saturated heterocycles. The monoisotopic (exact) mass is 521 g/mol. The minimum Gasteiger partial charge on any atom is -0.444 e. The lowest BCUT2D eigenvalue weighted by atomic mass is 10.0. The van der Waals surface area contributed by atoms with Crippen molar-refractivity contribution in [1.29, 1.82) is 5.26 Å². The van der Waals surface area contributed by atoms with Crippen LogP contribution in [0.25, 0.3) is 22.5 Å². The minimum atomic E-state index is -0.716. The van der Waals surface area contributed by atoms with E-state index in [4.69, 9.17) is 10.00 Å². The van der Waals surface area contributed by atoms with Gasteiger partial charge in [-0.3, -0.25) is 14.9 Å². The van der Waals surface area contributed by atoms with Crippen LogP contribution in [0.4, 0.5) is 16.2 Å². The lowest BCUT2D eigenvalue weighted by Gasteiger charge is -2.21. The van der Waals surface area contributed by atoms with Gasteiger partial charge in [0.2, 0.25) is 5.91 Å². The number of ether oxygens (including phenoxy) is 1. The Balaban J connectivity index is 1.56. The van der Waals surface area contributed by atoms with Gasteiger partial charge in [-0.1, -0.05) is 36.4 Å². The van der Waals surface area contributed by atoms with Crippen molar-refractivity contribution >= 4 is 29.2 Å². The van der Waals surface area contributed by atoms with Crippen molar-refractivity contribution in [2.45, 2.75) is 32.8 Å². The largest absolute Gasteiger partial charge is 0.444 e. The fourth-order valence-corrected chi connectivity index (χ4v) is 3.79. The molecule has 4 aromatic rings. The van der Waals surface area contributed by atoms with E-state index in [0.29, 0.717) is 28.3 Å². The van der Waals surface area contributed by atoms with Gasteiger partial charge in [0.15, 0.2) is 5.78 Å². The van der Waals surface area contributed by atoms with E-state index < -0.39 is 24.0 Å². The van der Waals surface area contributed by atoms with Gasteiger partial charge in [-0.25, -0.2) is 9.78 Å². The molecule has 9 heteroatoms. The van der Waals surface area contributed by atoms with Crippen molar-refractivity contribution in [1.82, 2.24) is 9.97 Å². The Hall–Kier alpha value is -5.23. The number of nitrogens with one attached hydrogen (secondary N) is 3. The number of ketones is 1. The fraction of sp³-hybridized carbons (Fsp3) is 0.167. The van der Waals surface area contributed by atoms with Gasteiger partial charge in [-0.15, -0.1) is 0 Å². The molecule has 0 fully saturated rings. The van der Waals surface area contributed by atoms with Crippen LogP contribution < -0.4 is 10.6 Å². The average molecular weight is 522 g/mol. The van der Waals surface area contributed by atoms with Crippen molar-refractivity contribution < 1.29 is 19.1 Å². The number of aromatic nitrogens is 2. The van der Waals surface area contributed by atoms with Crippen LogP contribution >= 0.6 is 0 Å².